The van der Waals surface area contributed by atoms with Crippen molar-refractivity contribution in [2.75, 3.05) is 13.2 Å². The summed E-state index contributed by atoms with van der Waals surface area (Å²) in [7, 11) is 0. The summed E-state index contributed by atoms with van der Waals surface area (Å²) in [5.41, 5.74) is 0. The number of carbonyl (C=O) groups is 2. The largest absolute Gasteiger partial charge is 0.454 e. The fraction of sp³-hybridized carbons (Fsp3) is 0.723. The fourth-order valence-corrected chi connectivity index (χ4v) is 8.93. The minimum absolute atomic E-state index is 0.0946. The molecule has 0 aliphatic carbocycles. The lowest BCUT2D eigenvalue weighted by Crippen LogP contribution is -2.61. The first kappa shape index (κ1) is 70.6. The van der Waals surface area contributed by atoms with Gasteiger partial charge in [-0.25, -0.2) is 0 Å². The molecule has 0 aromatic carbocycles. The van der Waals surface area contributed by atoms with E-state index in [-0.39, 0.29) is 19.4 Å². The summed E-state index contributed by atoms with van der Waals surface area (Å²) >= 11 is 0. The van der Waals surface area contributed by atoms with E-state index in [2.05, 4.69) is 92.9 Å². The first-order chi connectivity index (χ1) is 37.2. The van der Waals surface area contributed by atoms with Crippen LogP contribution in [-0.2, 0) is 23.8 Å². The Labute approximate surface area is 463 Å². The van der Waals surface area contributed by atoms with Crippen LogP contribution in [-0.4, -0.2) is 99.6 Å². The molecule has 11 nitrogen and oxygen atoms in total. The van der Waals surface area contributed by atoms with Crippen LogP contribution in [0.5, 0.6) is 0 Å². The fourth-order valence-electron chi connectivity index (χ4n) is 8.93. The highest BCUT2D eigenvalue weighted by Gasteiger charge is 2.47. The summed E-state index contributed by atoms with van der Waals surface area (Å²) < 4.78 is 17.6. The second-order valence-corrected chi connectivity index (χ2v) is 20.8. The smallest absolute Gasteiger partial charge is 0.306 e. The van der Waals surface area contributed by atoms with Gasteiger partial charge < -0.3 is 45.1 Å². The number of aliphatic hydroxyl groups excluding tert-OH is 5. The average Bonchev–Trinajstić information content (AvgIpc) is 3.42. The predicted molar refractivity (Wildman–Crippen MR) is 315 cm³/mol. The molecule has 0 spiro atoms. The number of allylic oxidation sites excluding steroid dienone is 15. The Morgan fingerprint density at radius 2 is 1.00 bits per heavy atom. The number of unbranched alkanes of at least 4 members (excludes halogenated alkanes) is 24. The Morgan fingerprint density at radius 3 is 1.55 bits per heavy atom. The molecule has 1 aliphatic rings. The van der Waals surface area contributed by atoms with Gasteiger partial charge in [0, 0.05) is 6.42 Å². The molecule has 436 valence electrons. The summed E-state index contributed by atoms with van der Waals surface area (Å²) in [5.74, 6) is -1.23. The van der Waals surface area contributed by atoms with Crippen molar-refractivity contribution in [3.63, 3.8) is 0 Å². The van der Waals surface area contributed by atoms with E-state index in [4.69, 9.17) is 14.2 Å². The zero-order valence-corrected chi connectivity index (χ0v) is 48.1. The molecular weight excluding hydrogens is 955 g/mol. The maximum Gasteiger partial charge on any atom is 0.306 e. The molecule has 8 unspecified atom stereocenters. The molecule has 1 fully saturated rings. The number of ether oxygens (including phenoxy) is 3. The first-order valence-corrected chi connectivity index (χ1v) is 30.5. The molecule has 0 aromatic heterocycles. The highest BCUT2D eigenvalue weighted by atomic mass is 16.7. The van der Waals surface area contributed by atoms with Crippen LogP contribution in [0.4, 0.5) is 0 Å². The molecule has 0 aromatic rings. The Hall–Kier alpha value is -3.42. The van der Waals surface area contributed by atoms with Crippen molar-refractivity contribution in [2.45, 2.75) is 288 Å². The maximum absolute atomic E-state index is 13.4. The molecule has 1 aliphatic heterocycles. The summed E-state index contributed by atoms with van der Waals surface area (Å²) in [6, 6.07) is -1.04. The Balaban J connectivity index is 2.69. The molecule has 1 saturated heterocycles. The van der Waals surface area contributed by atoms with Crippen LogP contribution < -0.4 is 5.32 Å². The van der Waals surface area contributed by atoms with Crippen LogP contribution in [0, 0.1) is 0 Å². The lowest BCUT2D eigenvalue weighted by atomic mass is 9.99. The van der Waals surface area contributed by atoms with Gasteiger partial charge in [-0.1, -0.05) is 240 Å². The number of hydrogen-bond donors (Lipinski definition) is 6. The molecule has 76 heavy (non-hydrogen) atoms. The van der Waals surface area contributed by atoms with Crippen LogP contribution >= 0.6 is 0 Å². The van der Waals surface area contributed by atoms with E-state index in [1.165, 1.54) is 70.6 Å². The van der Waals surface area contributed by atoms with Crippen molar-refractivity contribution in [2.24, 2.45) is 0 Å². The molecule has 8 atom stereocenters. The number of rotatable bonds is 50. The topological polar surface area (TPSA) is 175 Å². The minimum Gasteiger partial charge on any atom is -0.454 e. The van der Waals surface area contributed by atoms with Crippen molar-refractivity contribution in [1.82, 2.24) is 5.32 Å². The highest BCUT2D eigenvalue weighted by molar-refractivity contribution is 5.80. The van der Waals surface area contributed by atoms with Crippen LogP contribution in [0.25, 0.3) is 0 Å². The number of nitrogens with one attached hydrogen (secondary N) is 1. The van der Waals surface area contributed by atoms with Crippen LogP contribution in [0.15, 0.2) is 97.2 Å². The molecule has 6 N–H and O–H groups in total. The molecule has 0 radical (unpaired) electrons. The predicted octanol–water partition coefficient (Wildman–Crippen LogP) is 14.3. The van der Waals surface area contributed by atoms with Crippen molar-refractivity contribution < 1.29 is 49.3 Å². The molecule has 1 heterocycles. The number of esters is 1. The van der Waals surface area contributed by atoms with Crippen molar-refractivity contribution in [1.29, 1.82) is 0 Å². The van der Waals surface area contributed by atoms with Crippen molar-refractivity contribution >= 4 is 11.9 Å². The molecule has 1 amide bonds. The lowest BCUT2D eigenvalue weighted by Gasteiger charge is -2.41. The Kier molecular flexibility index (Phi) is 48.6. The maximum atomic E-state index is 13.4. The minimum atomic E-state index is -1.63. The third-order valence-electron chi connectivity index (χ3n) is 13.8. The van der Waals surface area contributed by atoms with E-state index in [0.29, 0.717) is 12.8 Å². The van der Waals surface area contributed by atoms with E-state index in [1.807, 2.05) is 24.3 Å². The summed E-state index contributed by atoms with van der Waals surface area (Å²) in [5, 5.41) is 56.9. The van der Waals surface area contributed by atoms with Gasteiger partial charge in [-0.3, -0.25) is 9.59 Å². The highest BCUT2D eigenvalue weighted by Crippen LogP contribution is 2.26. The van der Waals surface area contributed by atoms with E-state index in [1.54, 1.807) is 6.08 Å². The average molecular weight is 1070 g/mol. The molecule has 0 bridgehead atoms. The SMILES string of the molecule is CC/C=C/C=C/C=C\CCCCCCCC(=O)OC1C(OCC(NC(=O)C(O)CCCCCCCC/C=C\C/C=C\C/C=C\C/C=C\CCCCC)C(O)/C=C/CCCCCCCCCCCC)OC(CO)C(O)C1O. The van der Waals surface area contributed by atoms with E-state index < -0.39 is 67.4 Å². The van der Waals surface area contributed by atoms with E-state index in [0.717, 1.165) is 122 Å². The van der Waals surface area contributed by atoms with Crippen LogP contribution in [0.3, 0.4) is 0 Å². The zero-order valence-electron chi connectivity index (χ0n) is 48.1. The van der Waals surface area contributed by atoms with Gasteiger partial charge in [-0.15, -0.1) is 0 Å². The standard InChI is InChI=1S/C65H111NO10/c1-4-7-10-13-16-19-22-25-26-27-28-29-30-31-32-33-35-37-40-43-46-49-52-58(69)64(73)66-56(57(68)51-48-45-42-39-36-24-21-18-15-12-9-6-3)55-74-65-63(62(72)61(71)59(54-67)75-65)76-60(70)53-50-47-44-41-38-34-23-20-17-14-11-8-5-2/h8,11,14,16-17,19-20,23,25-26,28-29,31-32,48,51,56-59,61-63,65,67-69,71-72H,4-7,9-10,12-13,15,18,21-22,24,27,30,33-47,49-50,52-55H2,1-3H3,(H,66,73)/b11-8+,17-14+,19-16-,23-20-,26-25-,29-28-,32-31-,51-48+. The third-order valence-corrected chi connectivity index (χ3v) is 13.8. The molecule has 0 saturated carbocycles. The van der Waals surface area contributed by atoms with Crippen molar-refractivity contribution in [3.05, 3.63) is 97.2 Å². The van der Waals surface area contributed by atoms with Gasteiger partial charge in [0.05, 0.1) is 25.4 Å². The van der Waals surface area contributed by atoms with E-state index in [9.17, 15) is 35.1 Å². The van der Waals surface area contributed by atoms with Gasteiger partial charge in [0.25, 0.3) is 0 Å². The first-order valence-electron chi connectivity index (χ1n) is 30.5. The summed E-state index contributed by atoms with van der Waals surface area (Å²) in [6.45, 7) is 5.59. The summed E-state index contributed by atoms with van der Waals surface area (Å²) in [4.78, 5) is 26.5. The van der Waals surface area contributed by atoms with Gasteiger partial charge in [0.15, 0.2) is 12.4 Å². The second-order valence-electron chi connectivity index (χ2n) is 20.8. The number of aliphatic hydroxyl groups is 5. The van der Waals surface area contributed by atoms with E-state index >= 15 is 0 Å². The van der Waals surface area contributed by atoms with Gasteiger partial charge >= 0.3 is 5.97 Å². The third kappa shape index (κ3) is 39.9. The normalized spacial score (nSPS) is 19.8. The Bertz CT molecular complexity index is 1600. The molecule has 1 rings (SSSR count). The van der Waals surface area contributed by atoms with Crippen LogP contribution in [0.2, 0.25) is 0 Å². The van der Waals surface area contributed by atoms with Gasteiger partial charge in [-0.05, 0) is 89.9 Å². The number of carbonyl (C=O) groups excluding carboxylic acids is 2. The number of amides is 1. The van der Waals surface area contributed by atoms with Crippen molar-refractivity contribution in [3.8, 4) is 0 Å². The lowest BCUT2D eigenvalue weighted by molar-refractivity contribution is -0.305. The zero-order chi connectivity index (χ0) is 55.4. The molecular formula is C65H111NO10. The van der Waals surface area contributed by atoms with Gasteiger partial charge in [-0.2, -0.15) is 0 Å². The van der Waals surface area contributed by atoms with Gasteiger partial charge in [0.2, 0.25) is 5.91 Å². The molecule has 11 heteroatoms. The monoisotopic (exact) mass is 1070 g/mol. The Morgan fingerprint density at radius 1 is 0.539 bits per heavy atom. The second kappa shape index (κ2) is 52.3. The van der Waals surface area contributed by atoms with Gasteiger partial charge in [0.1, 0.15) is 24.4 Å². The summed E-state index contributed by atoms with van der Waals surface area (Å²) in [6.07, 6.45) is 58.7. The van der Waals surface area contributed by atoms with Crippen LogP contribution in [0.1, 0.15) is 239 Å². The quantitative estimate of drug-likeness (QED) is 0.0149. The number of hydrogen-bond acceptors (Lipinski definition) is 10.